The van der Waals surface area contributed by atoms with E-state index in [0.717, 1.165) is 0 Å². The van der Waals surface area contributed by atoms with Crippen LogP contribution in [0.3, 0.4) is 0 Å². The fraction of sp³-hybridized carbons (Fsp3) is 0.875. The minimum absolute atomic E-state index is 0.113. The fourth-order valence-corrected chi connectivity index (χ4v) is 1.02. The zero-order valence-corrected chi connectivity index (χ0v) is 9.00. The Morgan fingerprint density at radius 3 is 2.33 bits per heavy atom. The predicted octanol–water partition coefficient (Wildman–Crippen LogP) is 2.36. The summed E-state index contributed by atoms with van der Waals surface area (Å²) in [4.78, 5) is 0.113. The number of halogens is 4. The zero-order valence-electron chi connectivity index (χ0n) is 8.18. The number of hydrogen-bond acceptors (Lipinski definition) is 2. The van der Waals surface area contributed by atoms with E-state index in [1.165, 1.54) is 0 Å². The maximum Gasteiger partial charge on any atom is 0.330 e. The van der Waals surface area contributed by atoms with E-state index in [4.69, 9.17) is 5.73 Å². The van der Waals surface area contributed by atoms with Gasteiger partial charge in [0.1, 0.15) is 6.61 Å². The molecule has 0 spiro atoms. The van der Waals surface area contributed by atoms with Crippen molar-refractivity contribution < 1.29 is 22.3 Å². The van der Waals surface area contributed by atoms with Crippen molar-refractivity contribution >= 4 is 17.2 Å². The summed E-state index contributed by atoms with van der Waals surface area (Å²) in [6.07, 6.45) is -3.85. The third-order valence-electron chi connectivity index (χ3n) is 1.71. The van der Waals surface area contributed by atoms with E-state index in [9.17, 15) is 17.6 Å². The summed E-state index contributed by atoms with van der Waals surface area (Å²) in [5.41, 5.74) is 5.18. The van der Waals surface area contributed by atoms with Crippen LogP contribution >= 0.6 is 12.2 Å². The van der Waals surface area contributed by atoms with Crippen LogP contribution < -0.4 is 5.73 Å². The smallest absolute Gasteiger partial charge is 0.330 e. The lowest BCUT2D eigenvalue weighted by Gasteiger charge is -2.20. The first kappa shape index (κ1) is 14.6. The van der Waals surface area contributed by atoms with Crippen molar-refractivity contribution in [1.82, 2.24) is 0 Å². The Kier molecular flexibility index (Phi) is 6.04. The molecule has 0 bridgehead atoms. The van der Waals surface area contributed by atoms with Gasteiger partial charge in [-0.1, -0.05) is 19.1 Å². The molecule has 0 heterocycles. The number of thiocarbonyl (C=S) groups is 1. The van der Waals surface area contributed by atoms with Crippen LogP contribution in [0, 0.1) is 0 Å². The molecule has 0 aromatic carbocycles. The minimum atomic E-state index is -4.12. The molecule has 0 amide bonds. The van der Waals surface area contributed by atoms with Gasteiger partial charge < -0.3 is 10.5 Å². The molecular weight excluding hydrogens is 234 g/mol. The summed E-state index contributed by atoms with van der Waals surface area (Å²) >= 11 is 4.56. The molecule has 0 aliphatic carbocycles. The van der Waals surface area contributed by atoms with Gasteiger partial charge in [0.2, 0.25) is 0 Å². The second-order valence-corrected chi connectivity index (χ2v) is 3.60. The van der Waals surface area contributed by atoms with Crippen LogP contribution in [0.5, 0.6) is 0 Å². The molecule has 0 radical (unpaired) electrons. The van der Waals surface area contributed by atoms with Crippen LogP contribution in [0.2, 0.25) is 0 Å². The molecule has 0 aliphatic rings. The predicted molar refractivity (Wildman–Crippen MR) is 52.4 cm³/mol. The molecule has 2 nitrogen and oxygen atoms in total. The third kappa shape index (κ3) is 5.88. The van der Waals surface area contributed by atoms with Crippen LogP contribution in [0.15, 0.2) is 0 Å². The minimum Gasteiger partial charge on any atom is -0.393 e. The van der Waals surface area contributed by atoms with Crippen molar-refractivity contribution in [3.8, 4) is 0 Å². The maximum atomic E-state index is 12.4. The monoisotopic (exact) mass is 247 g/mol. The highest BCUT2D eigenvalue weighted by Crippen LogP contribution is 2.24. The van der Waals surface area contributed by atoms with Gasteiger partial charge in [0.15, 0.2) is 0 Å². The second kappa shape index (κ2) is 6.22. The second-order valence-electron chi connectivity index (χ2n) is 3.07. The Labute approximate surface area is 90.8 Å². The molecule has 0 aliphatic heterocycles. The number of nitrogens with two attached hydrogens (primary N) is 1. The van der Waals surface area contributed by atoms with Crippen LogP contribution in [0.25, 0.3) is 0 Å². The average molecular weight is 247 g/mol. The van der Waals surface area contributed by atoms with E-state index in [1.54, 1.807) is 6.92 Å². The molecule has 0 aromatic heterocycles. The Balaban J connectivity index is 4.05. The molecule has 0 fully saturated rings. The molecular formula is C8H13F4NOS. The topological polar surface area (TPSA) is 35.2 Å². The molecule has 0 aromatic rings. The quantitative estimate of drug-likeness (QED) is 0.554. The molecule has 15 heavy (non-hydrogen) atoms. The summed E-state index contributed by atoms with van der Waals surface area (Å²) in [5.74, 6) is -4.12. The van der Waals surface area contributed by atoms with Crippen LogP contribution in [-0.2, 0) is 4.74 Å². The van der Waals surface area contributed by atoms with Crippen molar-refractivity contribution in [2.45, 2.75) is 38.2 Å². The van der Waals surface area contributed by atoms with E-state index in [2.05, 4.69) is 17.0 Å². The summed E-state index contributed by atoms with van der Waals surface area (Å²) in [7, 11) is 0. The molecule has 0 saturated heterocycles. The van der Waals surface area contributed by atoms with Crippen molar-refractivity contribution in [3.05, 3.63) is 0 Å². The lowest BCUT2D eigenvalue weighted by Crippen LogP contribution is -2.35. The van der Waals surface area contributed by atoms with Crippen molar-refractivity contribution in [2.24, 2.45) is 5.73 Å². The summed E-state index contributed by atoms with van der Waals surface area (Å²) in [6, 6.07) is 0. The summed E-state index contributed by atoms with van der Waals surface area (Å²) in [6.45, 7) is 0.356. The largest absolute Gasteiger partial charge is 0.393 e. The van der Waals surface area contributed by atoms with Gasteiger partial charge in [-0.2, -0.15) is 8.78 Å². The van der Waals surface area contributed by atoms with E-state index in [0.29, 0.717) is 6.42 Å². The lowest BCUT2D eigenvalue weighted by molar-refractivity contribution is -0.175. The SMILES string of the molecule is CCC(CC(N)=S)OCC(F)(F)C(F)F. The van der Waals surface area contributed by atoms with Gasteiger partial charge in [-0.3, -0.25) is 0 Å². The lowest BCUT2D eigenvalue weighted by atomic mass is 10.2. The maximum absolute atomic E-state index is 12.4. The van der Waals surface area contributed by atoms with Gasteiger partial charge >= 0.3 is 12.3 Å². The van der Waals surface area contributed by atoms with Gasteiger partial charge in [0.25, 0.3) is 0 Å². The van der Waals surface area contributed by atoms with E-state index in [-0.39, 0.29) is 11.4 Å². The fourth-order valence-electron chi connectivity index (χ4n) is 0.837. The molecule has 2 N–H and O–H groups in total. The number of ether oxygens (including phenoxy) is 1. The highest BCUT2D eigenvalue weighted by atomic mass is 32.1. The summed E-state index contributed by atoms with van der Waals surface area (Å²) in [5, 5.41) is 0. The normalized spacial score (nSPS) is 14.3. The first-order chi connectivity index (χ1) is 6.79. The van der Waals surface area contributed by atoms with E-state index < -0.39 is 25.1 Å². The van der Waals surface area contributed by atoms with Crippen LogP contribution in [0.4, 0.5) is 17.6 Å². The van der Waals surface area contributed by atoms with Gasteiger partial charge in [-0.05, 0) is 6.42 Å². The Hall–Kier alpha value is -0.430. The number of rotatable bonds is 7. The van der Waals surface area contributed by atoms with Crippen molar-refractivity contribution in [2.75, 3.05) is 6.61 Å². The molecule has 1 unspecified atom stereocenters. The van der Waals surface area contributed by atoms with Gasteiger partial charge in [0, 0.05) is 6.42 Å². The molecule has 90 valence electrons. The standard InChI is InChI=1S/C8H13F4NOS/c1-2-5(3-6(13)15)14-4-8(11,12)7(9)10/h5,7H,2-4H2,1H3,(H2,13,15). The first-order valence-electron chi connectivity index (χ1n) is 4.35. The van der Waals surface area contributed by atoms with Gasteiger partial charge in [-0.25, -0.2) is 8.78 Å². The third-order valence-corrected chi connectivity index (χ3v) is 1.88. The number of hydrogen-bond donors (Lipinski definition) is 1. The zero-order chi connectivity index (χ0) is 12.1. The van der Waals surface area contributed by atoms with E-state index in [1.807, 2.05) is 0 Å². The highest BCUT2D eigenvalue weighted by Gasteiger charge is 2.41. The number of alkyl halides is 4. The van der Waals surface area contributed by atoms with Crippen molar-refractivity contribution in [1.29, 1.82) is 0 Å². The van der Waals surface area contributed by atoms with Gasteiger partial charge in [-0.15, -0.1) is 0 Å². The molecule has 0 saturated carbocycles. The highest BCUT2D eigenvalue weighted by molar-refractivity contribution is 7.80. The first-order valence-corrected chi connectivity index (χ1v) is 4.76. The van der Waals surface area contributed by atoms with Crippen molar-refractivity contribution in [3.63, 3.8) is 0 Å². The molecule has 7 heteroatoms. The Bertz CT molecular complexity index is 213. The average Bonchev–Trinajstić information content (AvgIpc) is 2.11. The molecule has 1 atom stereocenters. The van der Waals surface area contributed by atoms with Gasteiger partial charge in [0.05, 0.1) is 11.1 Å². The van der Waals surface area contributed by atoms with Crippen LogP contribution in [0.1, 0.15) is 19.8 Å². The Morgan fingerprint density at radius 2 is 2.00 bits per heavy atom. The van der Waals surface area contributed by atoms with E-state index >= 15 is 0 Å². The van der Waals surface area contributed by atoms with Crippen LogP contribution in [-0.4, -0.2) is 30.0 Å². The Morgan fingerprint density at radius 1 is 1.47 bits per heavy atom. The molecule has 0 rings (SSSR count). The summed E-state index contributed by atoms with van der Waals surface area (Å²) < 4.78 is 53.0.